The molecule has 170 valence electrons. The van der Waals surface area contributed by atoms with Gasteiger partial charge in [-0.05, 0) is 50.3 Å². The van der Waals surface area contributed by atoms with Gasteiger partial charge in [0.25, 0.3) is 5.91 Å². The predicted molar refractivity (Wildman–Crippen MR) is 126 cm³/mol. The van der Waals surface area contributed by atoms with Crippen LogP contribution in [0.15, 0.2) is 30.4 Å². The number of hydrogen-bond acceptors (Lipinski definition) is 3. The minimum absolute atomic E-state index is 0.0438. The molecule has 0 aliphatic heterocycles. The van der Waals surface area contributed by atoms with E-state index in [0.29, 0.717) is 17.9 Å². The minimum atomic E-state index is -0.124. The average Bonchev–Trinajstić information content (AvgIpc) is 2.76. The van der Waals surface area contributed by atoms with Crippen LogP contribution in [0.3, 0.4) is 0 Å². The highest BCUT2D eigenvalue weighted by atomic mass is 16.5. The van der Waals surface area contributed by atoms with Crippen LogP contribution in [-0.2, 0) is 0 Å². The fourth-order valence-corrected chi connectivity index (χ4v) is 3.50. The summed E-state index contributed by atoms with van der Waals surface area (Å²) in [6.07, 6.45) is 22.6. The van der Waals surface area contributed by atoms with Crippen molar-refractivity contribution >= 4 is 5.91 Å². The van der Waals surface area contributed by atoms with Gasteiger partial charge in [0.05, 0.1) is 7.11 Å². The van der Waals surface area contributed by atoms with Crippen LogP contribution in [0.1, 0.15) is 107 Å². The van der Waals surface area contributed by atoms with Crippen molar-refractivity contribution in [1.29, 1.82) is 0 Å². The molecule has 0 aliphatic rings. The van der Waals surface area contributed by atoms with E-state index >= 15 is 0 Å². The number of hydrogen-bond donors (Lipinski definition) is 2. The molecule has 0 fully saturated rings. The molecule has 0 unspecified atom stereocenters. The van der Waals surface area contributed by atoms with E-state index in [2.05, 4.69) is 24.4 Å². The Balaban J connectivity index is 1.92. The second-order valence-electron chi connectivity index (χ2n) is 8.08. The highest BCUT2D eigenvalue weighted by Gasteiger charge is 2.09. The van der Waals surface area contributed by atoms with E-state index in [1.807, 2.05) is 0 Å². The van der Waals surface area contributed by atoms with Crippen molar-refractivity contribution in [2.24, 2.45) is 0 Å². The van der Waals surface area contributed by atoms with Gasteiger partial charge < -0.3 is 15.2 Å². The summed E-state index contributed by atoms with van der Waals surface area (Å²) in [6.45, 7) is 2.95. The quantitative estimate of drug-likeness (QED) is 0.197. The first-order valence-electron chi connectivity index (χ1n) is 12.0. The zero-order chi connectivity index (χ0) is 21.9. The molecular weight excluding hydrogens is 374 g/mol. The van der Waals surface area contributed by atoms with Gasteiger partial charge in [0.2, 0.25) is 0 Å². The molecule has 1 aromatic carbocycles. The second-order valence-corrected chi connectivity index (χ2v) is 8.08. The molecule has 0 spiro atoms. The molecule has 4 nitrogen and oxygen atoms in total. The van der Waals surface area contributed by atoms with Crippen LogP contribution in [-0.4, -0.2) is 24.7 Å². The largest absolute Gasteiger partial charge is 0.504 e. The lowest BCUT2D eigenvalue weighted by atomic mass is 10.1. The molecule has 1 amide bonds. The normalized spacial score (nSPS) is 11.1. The van der Waals surface area contributed by atoms with Gasteiger partial charge in [-0.25, -0.2) is 0 Å². The first kappa shape index (κ1) is 26.1. The van der Waals surface area contributed by atoms with Crippen molar-refractivity contribution in [1.82, 2.24) is 5.32 Å². The molecule has 0 heterocycles. The number of allylic oxidation sites excluding steroid dienone is 2. The smallest absolute Gasteiger partial charge is 0.251 e. The van der Waals surface area contributed by atoms with E-state index < -0.39 is 0 Å². The highest BCUT2D eigenvalue weighted by molar-refractivity contribution is 5.94. The molecule has 0 aliphatic carbocycles. The number of phenolic OH excluding ortho intramolecular Hbond substituents is 1. The molecule has 2 N–H and O–H groups in total. The van der Waals surface area contributed by atoms with Crippen molar-refractivity contribution in [2.75, 3.05) is 13.7 Å². The Kier molecular flexibility index (Phi) is 15.5. The summed E-state index contributed by atoms with van der Waals surface area (Å²) in [5.41, 5.74) is 0.509. The lowest BCUT2D eigenvalue weighted by Gasteiger charge is -2.08. The van der Waals surface area contributed by atoms with Gasteiger partial charge in [-0.3, -0.25) is 4.79 Å². The first-order valence-corrected chi connectivity index (χ1v) is 12.0. The molecular formula is C26H43NO3. The molecule has 0 atom stereocenters. The minimum Gasteiger partial charge on any atom is -0.504 e. The molecule has 4 heteroatoms. The van der Waals surface area contributed by atoms with Crippen LogP contribution in [0.5, 0.6) is 11.5 Å². The summed E-state index contributed by atoms with van der Waals surface area (Å²) in [7, 11) is 1.48. The molecule has 30 heavy (non-hydrogen) atoms. The van der Waals surface area contributed by atoms with Gasteiger partial charge in [0.1, 0.15) is 0 Å². The first-order chi connectivity index (χ1) is 14.7. The van der Waals surface area contributed by atoms with Crippen molar-refractivity contribution in [3.8, 4) is 11.5 Å². The van der Waals surface area contributed by atoms with E-state index in [0.717, 1.165) is 12.8 Å². The van der Waals surface area contributed by atoms with E-state index in [-0.39, 0.29) is 11.7 Å². The maximum atomic E-state index is 12.1. The third-order valence-corrected chi connectivity index (χ3v) is 5.42. The molecule has 1 aromatic rings. The number of ether oxygens (including phenoxy) is 1. The van der Waals surface area contributed by atoms with Crippen LogP contribution in [0.25, 0.3) is 0 Å². The van der Waals surface area contributed by atoms with E-state index in [4.69, 9.17) is 4.74 Å². The number of aromatic hydroxyl groups is 1. The summed E-state index contributed by atoms with van der Waals surface area (Å²) in [5.74, 6) is 0.239. The van der Waals surface area contributed by atoms with Crippen LogP contribution in [0.4, 0.5) is 0 Å². The zero-order valence-electron chi connectivity index (χ0n) is 19.3. The number of unbranched alkanes of at least 4 members (excludes halogenated alkanes) is 12. The van der Waals surface area contributed by atoms with E-state index in [1.165, 1.54) is 90.2 Å². The van der Waals surface area contributed by atoms with Gasteiger partial charge in [0.15, 0.2) is 11.5 Å². The SMILES string of the molecule is CCCCCCCCC=CCCCCCCCCNC(=O)c1ccc(O)c(OC)c1. The molecule has 1 rings (SSSR count). The van der Waals surface area contributed by atoms with Gasteiger partial charge in [-0.15, -0.1) is 0 Å². The maximum absolute atomic E-state index is 12.1. The van der Waals surface area contributed by atoms with Crippen molar-refractivity contribution in [2.45, 2.75) is 96.8 Å². The lowest BCUT2D eigenvalue weighted by molar-refractivity contribution is 0.0952. The monoisotopic (exact) mass is 417 g/mol. The number of nitrogens with one attached hydrogen (secondary N) is 1. The van der Waals surface area contributed by atoms with Crippen LogP contribution in [0.2, 0.25) is 0 Å². The fraction of sp³-hybridized carbons (Fsp3) is 0.654. The Bertz CT molecular complexity index is 598. The average molecular weight is 418 g/mol. The summed E-state index contributed by atoms with van der Waals surface area (Å²) in [4.78, 5) is 12.1. The summed E-state index contributed by atoms with van der Waals surface area (Å²) in [6, 6.07) is 4.65. The number of phenols is 1. The molecule has 0 radical (unpaired) electrons. The number of rotatable bonds is 18. The Hall–Kier alpha value is -1.97. The Morgan fingerprint density at radius 1 is 0.900 bits per heavy atom. The lowest BCUT2D eigenvalue weighted by Crippen LogP contribution is -2.24. The van der Waals surface area contributed by atoms with E-state index in [1.54, 1.807) is 12.1 Å². The number of carbonyl (C=O) groups is 1. The number of carbonyl (C=O) groups excluding carboxylic acids is 1. The third kappa shape index (κ3) is 12.6. The van der Waals surface area contributed by atoms with Crippen molar-refractivity contribution in [3.05, 3.63) is 35.9 Å². The maximum Gasteiger partial charge on any atom is 0.251 e. The van der Waals surface area contributed by atoms with Gasteiger partial charge in [-0.2, -0.15) is 0 Å². The van der Waals surface area contributed by atoms with E-state index in [9.17, 15) is 9.90 Å². The zero-order valence-corrected chi connectivity index (χ0v) is 19.3. The molecule has 0 aromatic heterocycles. The van der Waals surface area contributed by atoms with Gasteiger partial charge in [-0.1, -0.05) is 76.9 Å². The second kappa shape index (κ2) is 17.9. The number of benzene rings is 1. The number of amides is 1. The molecule has 0 saturated heterocycles. The van der Waals surface area contributed by atoms with Gasteiger partial charge >= 0.3 is 0 Å². The standard InChI is InChI=1S/C26H43NO3/c1-3-4-5-6-7-8-9-10-11-12-13-14-15-16-17-18-21-27-26(29)23-19-20-24(28)25(22-23)30-2/h10-11,19-20,22,28H,3-9,12-18,21H2,1-2H3,(H,27,29). The van der Waals surface area contributed by atoms with Crippen molar-refractivity contribution < 1.29 is 14.6 Å². The Morgan fingerprint density at radius 3 is 2.07 bits per heavy atom. The summed E-state index contributed by atoms with van der Waals surface area (Å²) in [5, 5.41) is 12.5. The van der Waals surface area contributed by atoms with Gasteiger partial charge in [0, 0.05) is 12.1 Å². The fourth-order valence-electron chi connectivity index (χ4n) is 3.50. The van der Waals surface area contributed by atoms with Crippen molar-refractivity contribution in [3.63, 3.8) is 0 Å². The third-order valence-electron chi connectivity index (χ3n) is 5.42. The van der Waals surface area contributed by atoms with Crippen LogP contribution in [0, 0.1) is 0 Å². The van der Waals surface area contributed by atoms with Crippen LogP contribution < -0.4 is 10.1 Å². The Labute approximate surface area is 184 Å². The Morgan fingerprint density at radius 2 is 1.47 bits per heavy atom. The van der Waals surface area contributed by atoms with Crippen LogP contribution >= 0.6 is 0 Å². The molecule has 0 bridgehead atoms. The summed E-state index contributed by atoms with van der Waals surface area (Å²) >= 11 is 0. The highest BCUT2D eigenvalue weighted by Crippen LogP contribution is 2.26. The predicted octanol–water partition coefficient (Wildman–Crippen LogP) is 7.17. The topological polar surface area (TPSA) is 58.6 Å². The summed E-state index contributed by atoms with van der Waals surface area (Å²) < 4.78 is 5.04. The number of methoxy groups -OCH3 is 1. The molecule has 0 saturated carbocycles.